The van der Waals surface area contributed by atoms with E-state index in [1.54, 1.807) is 19.5 Å². The van der Waals surface area contributed by atoms with Gasteiger partial charge in [-0.2, -0.15) is 0 Å². The van der Waals surface area contributed by atoms with Crippen LogP contribution in [-0.4, -0.2) is 39.3 Å². The van der Waals surface area contributed by atoms with Crippen molar-refractivity contribution in [2.75, 3.05) is 12.4 Å². The number of ether oxygens (including phenoxy) is 1. The quantitative estimate of drug-likeness (QED) is 0.229. The second-order valence-corrected chi connectivity index (χ2v) is 12.6. The first kappa shape index (κ1) is 28.0. The van der Waals surface area contributed by atoms with Crippen LogP contribution < -0.4 is 10.1 Å². The van der Waals surface area contributed by atoms with Crippen LogP contribution in [0.4, 0.5) is 5.69 Å². The largest absolute Gasteiger partial charge is 0.497 e. The predicted octanol–water partition coefficient (Wildman–Crippen LogP) is 6.99. The number of H-pyrrole nitrogens is 1. The summed E-state index contributed by atoms with van der Waals surface area (Å²) < 4.78 is 5.28. The zero-order valence-corrected chi connectivity index (χ0v) is 24.9. The monoisotopic (exact) mass is 564 g/mol. The number of carbonyl (C=O) groups is 2. The number of aromatic amines is 1. The first-order valence-electron chi connectivity index (χ1n) is 15.0. The number of aromatic nitrogens is 2. The first-order valence-corrected chi connectivity index (χ1v) is 15.0. The Morgan fingerprint density at radius 2 is 1.79 bits per heavy atom. The zero-order valence-electron chi connectivity index (χ0n) is 24.9. The molecule has 2 unspecified atom stereocenters. The van der Waals surface area contributed by atoms with Gasteiger partial charge in [0.15, 0.2) is 0 Å². The molecule has 2 aliphatic rings. The van der Waals surface area contributed by atoms with Gasteiger partial charge in [-0.05, 0) is 84.5 Å². The van der Waals surface area contributed by atoms with Crippen molar-refractivity contribution in [3.05, 3.63) is 89.9 Å². The number of hydrogen-bond acceptors (Lipinski definition) is 4. The van der Waals surface area contributed by atoms with E-state index in [1.807, 2.05) is 41.3 Å². The van der Waals surface area contributed by atoms with Crippen LogP contribution in [0, 0.1) is 18.3 Å². The van der Waals surface area contributed by atoms with Crippen molar-refractivity contribution < 1.29 is 14.3 Å². The molecule has 0 aliphatic heterocycles. The van der Waals surface area contributed by atoms with Crippen molar-refractivity contribution in [2.45, 2.75) is 70.9 Å². The summed E-state index contributed by atoms with van der Waals surface area (Å²) in [7, 11) is 1.62. The van der Waals surface area contributed by atoms with Gasteiger partial charge in [0.05, 0.1) is 7.11 Å². The molecule has 2 heterocycles. The number of hydrogen-bond donors (Lipinski definition) is 2. The van der Waals surface area contributed by atoms with Crippen LogP contribution >= 0.6 is 0 Å². The fourth-order valence-corrected chi connectivity index (χ4v) is 7.35. The maximum Gasteiger partial charge on any atom is 0.250 e. The highest BCUT2D eigenvalue weighted by atomic mass is 16.5. The lowest BCUT2D eigenvalue weighted by Gasteiger charge is -2.40. The molecule has 2 fully saturated rings. The van der Waals surface area contributed by atoms with Crippen molar-refractivity contribution >= 4 is 28.4 Å². The number of aryl methyl sites for hydroxylation is 1. The third kappa shape index (κ3) is 4.95. The Morgan fingerprint density at radius 1 is 1.05 bits per heavy atom. The molecular weight excluding hydrogens is 524 g/mol. The number of para-hydroxylation sites is 1. The van der Waals surface area contributed by atoms with Gasteiger partial charge in [0.25, 0.3) is 0 Å². The minimum absolute atomic E-state index is 0.0282. The van der Waals surface area contributed by atoms with Crippen LogP contribution in [0.1, 0.15) is 68.7 Å². The van der Waals surface area contributed by atoms with Crippen molar-refractivity contribution in [2.24, 2.45) is 11.3 Å². The molecule has 2 atom stereocenters. The summed E-state index contributed by atoms with van der Waals surface area (Å²) in [6.45, 7) is 7.02. The third-order valence-electron chi connectivity index (χ3n) is 9.78. The van der Waals surface area contributed by atoms with Crippen LogP contribution in [0.25, 0.3) is 10.9 Å². The van der Waals surface area contributed by atoms with Crippen LogP contribution in [0.5, 0.6) is 5.75 Å². The van der Waals surface area contributed by atoms with Crippen LogP contribution in [0.15, 0.2) is 73.1 Å². The van der Waals surface area contributed by atoms with Gasteiger partial charge in [0.1, 0.15) is 11.3 Å². The molecule has 2 N–H and O–H groups in total. The summed E-state index contributed by atoms with van der Waals surface area (Å²) >= 11 is 0. The lowest BCUT2D eigenvalue weighted by Crippen LogP contribution is -2.57. The summed E-state index contributed by atoms with van der Waals surface area (Å²) in [4.78, 5) is 38.4. The van der Waals surface area contributed by atoms with E-state index in [-0.39, 0.29) is 29.1 Å². The molecule has 2 amide bonds. The Hall–Kier alpha value is -4.13. The number of nitrogens with one attached hydrogen (secondary N) is 2. The number of nitrogens with zero attached hydrogens (tertiary/aromatic N) is 2. The van der Waals surface area contributed by atoms with Crippen LogP contribution in [0.2, 0.25) is 0 Å². The molecular formula is C35H40N4O3. The Bertz CT molecular complexity index is 1590. The number of amides is 2. The maximum absolute atomic E-state index is 14.5. The molecule has 2 aromatic heterocycles. The van der Waals surface area contributed by atoms with Gasteiger partial charge in [-0.3, -0.25) is 14.6 Å². The van der Waals surface area contributed by atoms with E-state index in [0.717, 1.165) is 29.7 Å². The van der Waals surface area contributed by atoms with E-state index in [9.17, 15) is 9.59 Å². The highest BCUT2D eigenvalue weighted by Gasteiger charge is 2.60. The van der Waals surface area contributed by atoms with Gasteiger partial charge in [0, 0.05) is 47.6 Å². The van der Waals surface area contributed by atoms with E-state index in [0.29, 0.717) is 31.5 Å². The number of rotatable bonds is 9. The Balaban J connectivity index is 1.31. The fourth-order valence-electron chi connectivity index (χ4n) is 7.35. The SMILES string of the molecule is COc1ccc(NC(=O)C2(N(Cc3cccnc3)C(=O)CC3C(c4c(C)[nH]c5ccccc45)C3(C)C)CCCC2)cc1. The lowest BCUT2D eigenvalue weighted by molar-refractivity contribution is -0.146. The van der Waals surface area contributed by atoms with Crippen LogP contribution in [-0.2, 0) is 16.1 Å². The minimum Gasteiger partial charge on any atom is -0.497 e. The predicted molar refractivity (Wildman–Crippen MR) is 165 cm³/mol. The molecule has 0 spiro atoms. The van der Waals surface area contributed by atoms with Gasteiger partial charge in [-0.1, -0.05) is 51.0 Å². The van der Waals surface area contributed by atoms with Crippen molar-refractivity contribution in [3.63, 3.8) is 0 Å². The van der Waals surface area contributed by atoms with Gasteiger partial charge in [-0.15, -0.1) is 0 Å². The number of anilines is 1. The Labute approximate surface area is 247 Å². The maximum atomic E-state index is 14.5. The van der Waals surface area contributed by atoms with Gasteiger partial charge in [-0.25, -0.2) is 0 Å². The molecule has 6 rings (SSSR count). The molecule has 2 aromatic carbocycles. The molecule has 2 saturated carbocycles. The fraction of sp³-hybridized carbons (Fsp3) is 0.400. The van der Waals surface area contributed by atoms with Crippen LogP contribution in [0.3, 0.4) is 0 Å². The molecule has 4 aromatic rings. The van der Waals surface area contributed by atoms with Crippen molar-refractivity contribution in [1.29, 1.82) is 0 Å². The second-order valence-electron chi connectivity index (χ2n) is 12.6. The van der Waals surface area contributed by atoms with E-state index in [1.165, 1.54) is 16.6 Å². The van der Waals surface area contributed by atoms with E-state index < -0.39 is 5.54 Å². The number of fused-ring (bicyclic) bond motifs is 1. The summed E-state index contributed by atoms with van der Waals surface area (Å²) in [5, 5.41) is 4.37. The number of methoxy groups -OCH3 is 1. The Morgan fingerprint density at radius 3 is 2.48 bits per heavy atom. The molecule has 42 heavy (non-hydrogen) atoms. The minimum atomic E-state index is -0.919. The zero-order chi connectivity index (χ0) is 29.5. The normalized spacial score (nSPS) is 20.3. The topological polar surface area (TPSA) is 87.3 Å². The standard InChI is InChI=1S/C35H40N4O3/c1-23-31(27-11-5-6-12-29(27)37-23)32-28(34(32,2)3)20-30(40)39(22-24-10-9-19-36-21-24)35(17-7-8-18-35)33(41)38-25-13-15-26(42-4)16-14-25/h5-6,9-16,19,21,28,32,37H,7-8,17-18,20,22H2,1-4H3,(H,38,41). The third-order valence-corrected chi connectivity index (χ3v) is 9.78. The number of carbonyl (C=O) groups excluding carboxylic acids is 2. The summed E-state index contributed by atoms with van der Waals surface area (Å²) in [6, 6.07) is 19.6. The second kappa shape index (κ2) is 10.9. The number of benzene rings is 2. The molecule has 0 saturated heterocycles. The molecule has 218 valence electrons. The molecule has 0 bridgehead atoms. The van der Waals surface area contributed by atoms with Gasteiger partial charge >= 0.3 is 0 Å². The van der Waals surface area contributed by atoms with E-state index in [4.69, 9.17) is 4.74 Å². The number of pyridine rings is 1. The lowest BCUT2D eigenvalue weighted by atomic mass is 9.91. The molecule has 2 aliphatic carbocycles. The molecule has 0 radical (unpaired) electrons. The summed E-state index contributed by atoms with van der Waals surface area (Å²) in [5.74, 6) is 1.09. The first-order chi connectivity index (χ1) is 20.2. The highest BCUT2D eigenvalue weighted by Crippen LogP contribution is 2.67. The highest BCUT2D eigenvalue weighted by molar-refractivity contribution is 6.01. The van der Waals surface area contributed by atoms with E-state index in [2.05, 4.69) is 60.3 Å². The van der Waals surface area contributed by atoms with Gasteiger partial charge < -0.3 is 19.9 Å². The summed E-state index contributed by atoms with van der Waals surface area (Å²) in [5.41, 5.74) is 4.30. The smallest absolute Gasteiger partial charge is 0.250 e. The van der Waals surface area contributed by atoms with Crippen molar-refractivity contribution in [3.8, 4) is 5.75 Å². The van der Waals surface area contributed by atoms with Gasteiger partial charge in [0.2, 0.25) is 11.8 Å². The Kier molecular flexibility index (Phi) is 7.29. The average molecular weight is 565 g/mol. The summed E-state index contributed by atoms with van der Waals surface area (Å²) in [6.07, 6.45) is 7.01. The average Bonchev–Trinajstić information content (AvgIpc) is 3.35. The molecule has 7 nitrogen and oxygen atoms in total. The van der Waals surface area contributed by atoms with E-state index >= 15 is 0 Å². The molecule has 7 heteroatoms. The van der Waals surface area contributed by atoms with Crippen molar-refractivity contribution in [1.82, 2.24) is 14.9 Å².